The van der Waals surface area contributed by atoms with E-state index in [2.05, 4.69) is 12.2 Å². The highest BCUT2D eigenvalue weighted by Gasteiger charge is 2.21. The normalized spacial score (nSPS) is 17.0. The largest absolute Gasteiger partial charge is 0.389 e. The summed E-state index contributed by atoms with van der Waals surface area (Å²) >= 11 is 0. The van der Waals surface area contributed by atoms with Gasteiger partial charge < -0.3 is 19.9 Å². The third-order valence-electron chi connectivity index (χ3n) is 3.03. The van der Waals surface area contributed by atoms with Gasteiger partial charge in [0.1, 0.15) is 0 Å². The minimum atomic E-state index is -0.384. The molecule has 0 spiro atoms. The van der Waals surface area contributed by atoms with E-state index in [0.29, 0.717) is 13.2 Å². The highest BCUT2D eigenvalue weighted by molar-refractivity contribution is 4.72. The molecule has 2 N–H and O–H groups in total. The standard InChI is InChI=1S/C14H29NO3/c1-2-3-8-17-9-4-7-15-10-14(16)12-18-11-13-5-6-13/h13-16H,2-12H2,1H3. The zero-order valence-corrected chi connectivity index (χ0v) is 11.7. The predicted molar refractivity (Wildman–Crippen MR) is 72.8 cm³/mol. The Morgan fingerprint density at radius 2 is 2.00 bits per heavy atom. The van der Waals surface area contributed by atoms with Crippen molar-refractivity contribution in [3.63, 3.8) is 0 Å². The molecule has 1 rings (SSSR count). The molecular weight excluding hydrogens is 230 g/mol. The van der Waals surface area contributed by atoms with Crippen LogP contribution in [0.1, 0.15) is 39.0 Å². The van der Waals surface area contributed by atoms with Gasteiger partial charge in [-0.1, -0.05) is 13.3 Å². The van der Waals surface area contributed by atoms with Gasteiger partial charge in [0.25, 0.3) is 0 Å². The van der Waals surface area contributed by atoms with E-state index in [4.69, 9.17) is 9.47 Å². The van der Waals surface area contributed by atoms with Crippen LogP contribution in [-0.4, -0.2) is 50.7 Å². The van der Waals surface area contributed by atoms with Gasteiger partial charge in [-0.05, 0) is 38.1 Å². The highest BCUT2D eigenvalue weighted by atomic mass is 16.5. The molecule has 0 aromatic carbocycles. The molecule has 0 radical (unpaired) electrons. The second kappa shape index (κ2) is 10.7. The molecule has 0 aliphatic heterocycles. The van der Waals surface area contributed by atoms with Crippen LogP contribution < -0.4 is 5.32 Å². The quantitative estimate of drug-likeness (QED) is 0.493. The molecule has 0 aromatic heterocycles. The van der Waals surface area contributed by atoms with Crippen LogP contribution in [0.25, 0.3) is 0 Å². The van der Waals surface area contributed by atoms with Crippen LogP contribution in [-0.2, 0) is 9.47 Å². The van der Waals surface area contributed by atoms with Crippen molar-refractivity contribution >= 4 is 0 Å². The van der Waals surface area contributed by atoms with Crippen LogP contribution in [0.15, 0.2) is 0 Å². The number of aliphatic hydroxyl groups is 1. The van der Waals surface area contributed by atoms with Crippen molar-refractivity contribution in [2.45, 2.75) is 45.1 Å². The minimum absolute atomic E-state index is 0.384. The second-order valence-corrected chi connectivity index (χ2v) is 5.16. The SMILES string of the molecule is CCCCOCCCNCC(O)COCC1CC1. The van der Waals surface area contributed by atoms with Crippen molar-refractivity contribution in [2.75, 3.05) is 39.5 Å². The summed E-state index contributed by atoms with van der Waals surface area (Å²) in [5.74, 6) is 0.769. The molecule has 1 unspecified atom stereocenters. The monoisotopic (exact) mass is 259 g/mol. The molecule has 0 heterocycles. The topological polar surface area (TPSA) is 50.7 Å². The van der Waals surface area contributed by atoms with E-state index in [1.165, 1.54) is 19.3 Å². The number of hydrogen-bond donors (Lipinski definition) is 2. The molecule has 1 saturated carbocycles. The van der Waals surface area contributed by atoms with Gasteiger partial charge in [0, 0.05) is 26.4 Å². The Kier molecular flexibility index (Phi) is 9.48. The summed E-state index contributed by atoms with van der Waals surface area (Å²) in [6, 6.07) is 0. The molecule has 108 valence electrons. The van der Waals surface area contributed by atoms with Gasteiger partial charge in [-0.3, -0.25) is 0 Å². The first kappa shape index (κ1) is 15.9. The molecule has 0 amide bonds. The first-order valence-electron chi connectivity index (χ1n) is 7.37. The van der Waals surface area contributed by atoms with Crippen LogP contribution in [0.2, 0.25) is 0 Å². The molecular formula is C14H29NO3. The van der Waals surface area contributed by atoms with E-state index in [9.17, 15) is 5.11 Å². The van der Waals surface area contributed by atoms with E-state index in [1.807, 2.05) is 0 Å². The zero-order valence-electron chi connectivity index (χ0n) is 11.7. The van der Waals surface area contributed by atoms with Gasteiger partial charge in [-0.25, -0.2) is 0 Å². The first-order valence-corrected chi connectivity index (χ1v) is 7.37. The smallest absolute Gasteiger partial charge is 0.0897 e. The lowest BCUT2D eigenvalue weighted by atomic mass is 10.3. The van der Waals surface area contributed by atoms with Crippen molar-refractivity contribution in [1.82, 2.24) is 5.32 Å². The maximum atomic E-state index is 9.64. The molecule has 1 fully saturated rings. The van der Waals surface area contributed by atoms with Crippen LogP contribution in [0.4, 0.5) is 0 Å². The Hall–Kier alpha value is -0.160. The summed E-state index contributed by atoms with van der Waals surface area (Å²) in [7, 11) is 0. The predicted octanol–water partition coefficient (Wildman–Crippen LogP) is 1.57. The van der Waals surface area contributed by atoms with E-state index >= 15 is 0 Å². The number of hydrogen-bond acceptors (Lipinski definition) is 4. The average molecular weight is 259 g/mol. The Balaban J connectivity index is 1.73. The molecule has 18 heavy (non-hydrogen) atoms. The fraction of sp³-hybridized carbons (Fsp3) is 1.00. The van der Waals surface area contributed by atoms with Gasteiger partial charge in [0.05, 0.1) is 12.7 Å². The number of nitrogens with one attached hydrogen (secondary N) is 1. The second-order valence-electron chi connectivity index (χ2n) is 5.16. The lowest BCUT2D eigenvalue weighted by molar-refractivity contribution is 0.0323. The number of aliphatic hydroxyl groups excluding tert-OH is 1. The van der Waals surface area contributed by atoms with Gasteiger partial charge >= 0.3 is 0 Å². The Morgan fingerprint density at radius 3 is 2.72 bits per heavy atom. The maximum Gasteiger partial charge on any atom is 0.0897 e. The first-order chi connectivity index (χ1) is 8.83. The average Bonchev–Trinajstić information content (AvgIpc) is 3.17. The summed E-state index contributed by atoms with van der Waals surface area (Å²) < 4.78 is 10.9. The van der Waals surface area contributed by atoms with Crippen molar-refractivity contribution in [1.29, 1.82) is 0 Å². The van der Waals surface area contributed by atoms with Crippen LogP contribution >= 0.6 is 0 Å². The van der Waals surface area contributed by atoms with Crippen LogP contribution in [0, 0.1) is 5.92 Å². The molecule has 0 aromatic rings. The van der Waals surface area contributed by atoms with Crippen LogP contribution in [0.5, 0.6) is 0 Å². The third-order valence-corrected chi connectivity index (χ3v) is 3.03. The molecule has 1 aliphatic rings. The molecule has 1 atom stereocenters. The number of rotatable bonds is 13. The fourth-order valence-electron chi connectivity index (χ4n) is 1.63. The summed E-state index contributed by atoms with van der Waals surface area (Å²) in [4.78, 5) is 0. The fourth-order valence-corrected chi connectivity index (χ4v) is 1.63. The summed E-state index contributed by atoms with van der Waals surface area (Å²) in [6.07, 6.45) is 5.54. The van der Waals surface area contributed by atoms with E-state index in [-0.39, 0.29) is 6.10 Å². The highest BCUT2D eigenvalue weighted by Crippen LogP contribution is 2.28. The van der Waals surface area contributed by atoms with Gasteiger partial charge in [-0.15, -0.1) is 0 Å². The van der Waals surface area contributed by atoms with Crippen LogP contribution in [0.3, 0.4) is 0 Å². The number of unbranched alkanes of at least 4 members (excludes halogenated alkanes) is 1. The lowest BCUT2D eigenvalue weighted by Gasteiger charge is -2.12. The summed E-state index contributed by atoms with van der Waals surface area (Å²) in [5.41, 5.74) is 0. The van der Waals surface area contributed by atoms with Crippen molar-refractivity contribution < 1.29 is 14.6 Å². The Morgan fingerprint density at radius 1 is 1.22 bits per heavy atom. The van der Waals surface area contributed by atoms with E-state index < -0.39 is 0 Å². The molecule has 1 aliphatic carbocycles. The zero-order chi connectivity index (χ0) is 13.1. The minimum Gasteiger partial charge on any atom is -0.389 e. The molecule has 4 heteroatoms. The molecule has 0 saturated heterocycles. The third kappa shape index (κ3) is 9.83. The Bertz CT molecular complexity index is 186. The van der Waals surface area contributed by atoms with Crippen molar-refractivity contribution in [3.05, 3.63) is 0 Å². The van der Waals surface area contributed by atoms with Crippen molar-refractivity contribution in [2.24, 2.45) is 5.92 Å². The van der Waals surface area contributed by atoms with Crippen molar-refractivity contribution in [3.8, 4) is 0 Å². The van der Waals surface area contributed by atoms with E-state index in [1.54, 1.807) is 0 Å². The molecule has 0 bridgehead atoms. The summed E-state index contributed by atoms with van der Waals surface area (Å²) in [5, 5.41) is 12.9. The van der Waals surface area contributed by atoms with Gasteiger partial charge in [0.2, 0.25) is 0 Å². The Labute approximate surface area is 111 Å². The number of ether oxygens (including phenoxy) is 2. The maximum absolute atomic E-state index is 9.64. The molecule has 4 nitrogen and oxygen atoms in total. The van der Waals surface area contributed by atoms with E-state index in [0.717, 1.165) is 45.1 Å². The van der Waals surface area contributed by atoms with Gasteiger partial charge in [-0.2, -0.15) is 0 Å². The lowest BCUT2D eigenvalue weighted by Crippen LogP contribution is -2.31. The summed E-state index contributed by atoms with van der Waals surface area (Å²) in [6.45, 7) is 6.62. The van der Waals surface area contributed by atoms with Gasteiger partial charge in [0.15, 0.2) is 0 Å².